The van der Waals surface area contributed by atoms with Crippen LogP contribution in [0.15, 0.2) is 12.1 Å². The van der Waals surface area contributed by atoms with Gasteiger partial charge < -0.3 is 15.7 Å². The first-order valence-corrected chi connectivity index (χ1v) is 6.99. The molecule has 1 aliphatic heterocycles. The highest BCUT2D eigenvalue weighted by atomic mass is 35.5. The van der Waals surface area contributed by atoms with E-state index >= 15 is 0 Å². The molecule has 0 aromatic heterocycles. The Labute approximate surface area is 116 Å². The number of nitrogens with zero attached hydrogens (tertiary/aromatic N) is 1. The number of benzene rings is 1. The lowest BCUT2D eigenvalue weighted by atomic mass is 10.00. The van der Waals surface area contributed by atoms with Crippen LogP contribution >= 0.6 is 23.2 Å². The molecule has 3 atom stereocenters. The summed E-state index contributed by atoms with van der Waals surface area (Å²) in [6.07, 6.45) is 1.87. The first-order chi connectivity index (χ1) is 8.56. The molecular weight excluding hydrogens is 271 g/mol. The van der Waals surface area contributed by atoms with Crippen LogP contribution in [0.25, 0.3) is 0 Å². The summed E-state index contributed by atoms with van der Waals surface area (Å²) < 4.78 is 0. The molecule has 1 heterocycles. The third kappa shape index (κ3) is 1.94. The highest BCUT2D eigenvalue weighted by molar-refractivity contribution is 6.42. The Bertz CT molecular complexity index is 480. The van der Waals surface area contributed by atoms with E-state index in [9.17, 15) is 5.11 Å². The largest absolute Gasteiger partial charge is 0.397 e. The Morgan fingerprint density at radius 1 is 1.17 bits per heavy atom. The van der Waals surface area contributed by atoms with E-state index in [1.54, 1.807) is 6.07 Å². The zero-order chi connectivity index (χ0) is 12.9. The molecule has 1 saturated heterocycles. The number of hydrogen-bond acceptors (Lipinski definition) is 3. The van der Waals surface area contributed by atoms with E-state index in [0.29, 0.717) is 27.6 Å². The molecule has 3 rings (SSSR count). The lowest BCUT2D eigenvalue weighted by molar-refractivity contribution is 0.133. The zero-order valence-corrected chi connectivity index (χ0v) is 11.5. The topological polar surface area (TPSA) is 49.5 Å². The van der Waals surface area contributed by atoms with Crippen molar-refractivity contribution in [3.63, 3.8) is 0 Å². The molecule has 0 bridgehead atoms. The Morgan fingerprint density at radius 3 is 2.61 bits per heavy atom. The van der Waals surface area contributed by atoms with Crippen LogP contribution in [0.3, 0.4) is 0 Å². The first-order valence-electron chi connectivity index (χ1n) is 6.24. The third-order valence-corrected chi connectivity index (χ3v) is 4.95. The summed E-state index contributed by atoms with van der Waals surface area (Å²) >= 11 is 12.0. The monoisotopic (exact) mass is 286 g/mol. The SMILES string of the molecule is Nc1cc(Cl)c(Cl)cc1N1CC2CCC(O)C2C1. The molecule has 1 aromatic carbocycles. The van der Waals surface area contributed by atoms with E-state index in [1.807, 2.05) is 6.07 Å². The van der Waals surface area contributed by atoms with E-state index < -0.39 is 0 Å². The van der Waals surface area contributed by atoms with Crippen LogP contribution in [0.1, 0.15) is 12.8 Å². The smallest absolute Gasteiger partial charge is 0.0616 e. The van der Waals surface area contributed by atoms with Crippen LogP contribution in [0, 0.1) is 11.8 Å². The maximum atomic E-state index is 9.93. The predicted octanol–water partition coefficient (Wildman–Crippen LogP) is 2.78. The summed E-state index contributed by atoms with van der Waals surface area (Å²) in [5, 5.41) is 10.9. The Balaban J connectivity index is 1.87. The van der Waals surface area contributed by atoms with E-state index in [-0.39, 0.29) is 6.10 Å². The average molecular weight is 287 g/mol. The summed E-state index contributed by atoms with van der Waals surface area (Å²) in [5.74, 6) is 0.952. The zero-order valence-electron chi connectivity index (χ0n) is 9.94. The minimum Gasteiger partial charge on any atom is -0.397 e. The maximum Gasteiger partial charge on any atom is 0.0616 e. The molecule has 0 spiro atoms. The molecule has 1 aromatic rings. The summed E-state index contributed by atoms with van der Waals surface area (Å²) in [6.45, 7) is 1.80. The van der Waals surface area contributed by atoms with Gasteiger partial charge in [-0.3, -0.25) is 0 Å². The quantitative estimate of drug-likeness (QED) is 0.781. The molecule has 0 radical (unpaired) electrons. The molecule has 98 valence electrons. The fraction of sp³-hybridized carbons (Fsp3) is 0.538. The number of hydrogen-bond donors (Lipinski definition) is 2. The van der Waals surface area contributed by atoms with Crippen molar-refractivity contribution in [2.45, 2.75) is 18.9 Å². The Kier molecular flexibility index (Phi) is 3.08. The fourth-order valence-electron chi connectivity index (χ4n) is 3.26. The second-order valence-electron chi connectivity index (χ2n) is 5.30. The number of nitrogen functional groups attached to an aromatic ring is 1. The Morgan fingerprint density at radius 2 is 1.89 bits per heavy atom. The lowest BCUT2D eigenvalue weighted by Gasteiger charge is -2.22. The van der Waals surface area contributed by atoms with Crippen molar-refractivity contribution in [1.82, 2.24) is 0 Å². The minimum atomic E-state index is -0.163. The van der Waals surface area contributed by atoms with Gasteiger partial charge in [-0.1, -0.05) is 23.2 Å². The summed E-state index contributed by atoms with van der Waals surface area (Å²) in [4.78, 5) is 2.22. The molecule has 5 heteroatoms. The molecule has 1 aliphatic carbocycles. The second-order valence-corrected chi connectivity index (χ2v) is 6.11. The fourth-order valence-corrected chi connectivity index (χ4v) is 3.59. The van der Waals surface area contributed by atoms with Crippen molar-refractivity contribution < 1.29 is 5.11 Å². The maximum absolute atomic E-state index is 9.93. The molecule has 3 nitrogen and oxygen atoms in total. The van der Waals surface area contributed by atoms with Gasteiger partial charge in [0.15, 0.2) is 0 Å². The first kappa shape index (κ1) is 12.4. The van der Waals surface area contributed by atoms with Gasteiger partial charge in [-0.25, -0.2) is 0 Å². The van der Waals surface area contributed by atoms with Crippen molar-refractivity contribution >= 4 is 34.6 Å². The normalized spacial score (nSPS) is 30.8. The number of aliphatic hydroxyl groups is 1. The van der Waals surface area contributed by atoms with Gasteiger partial charge in [0.05, 0.1) is 27.5 Å². The van der Waals surface area contributed by atoms with Crippen LogP contribution in [-0.2, 0) is 0 Å². The minimum absolute atomic E-state index is 0.163. The van der Waals surface area contributed by atoms with Crippen LogP contribution < -0.4 is 10.6 Å². The van der Waals surface area contributed by atoms with Crippen molar-refractivity contribution in [1.29, 1.82) is 0 Å². The summed E-state index contributed by atoms with van der Waals surface area (Å²) in [7, 11) is 0. The summed E-state index contributed by atoms with van der Waals surface area (Å²) in [6, 6.07) is 3.52. The second kappa shape index (κ2) is 4.48. The van der Waals surface area contributed by atoms with Gasteiger partial charge in [-0.05, 0) is 30.9 Å². The van der Waals surface area contributed by atoms with Crippen LogP contribution in [0.5, 0.6) is 0 Å². The number of aliphatic hydroxyl groups excluding tert-OH is 1. The van der Waals surface area contributed by atoms with Crippen molar-refractivity contribution in [3.05, 3.63) is 22.2 Å². The van der Waals surface area contributed by atoms with Gasteiger partial charge >= 0.3 is 0 Å². The highest BCUT2D eigenvalue weighted by Gasteiger charge is 2.42. The number of anilines is 2. The van der Waals surface area contributed by atoms with Gasteiger partial charge in [0.1, 0.15) is 0 Å². The molecule has 3 N–H and O–H groups in total. The molecule has 1 saturated carbocycles. The lowest BCUT2D eigenvalue weighted by Crippen LogP contribution is -2.25. The number of fused-ring (bicyclic) bond motifs is 1. The van der Waals surface area contributed by atoms with Crippen LogP contribution in [-0.4, -0.2) is 24.3 Å². The predicted molar refractivity (Wildman–Crippen MR) is 75.3 cm³/mol. The van der Waals surface area contributed by atoms with Crippen molar-refractivity contribution in [2.75, 3.05) is 23.7 Å². The molecule has 2 fully saturated rings. The number of halogens is 2. The highest BCUT2D eigenvalue weighted by Crippen LogP contribution is 2.42. The van der Waals surface area contributed by atoms with E-state index in [0.717, 1.165) is 31.6 Å². The van der Waals surface area contributed by atoms with Gasteiger partial charge in [0, 0.05) is 19.0 Å². The molecule has 3 unspecified atom stereocenters. The van der Waals surface area contributed by atoms with E-state index in [4.69, 9.17) is 28.9 Å². The van der Waals surface area contributed by atoms with Crippen LogP contribution in [0.4, 0.5) is 11.4 Å². The van der Waals surface area contributed by atoms with Crippen LogP contribution in [0.2, 0.25) is 10.0 Å². The van der Waals surface area contributed by atoms with Gasteiger partial charge in [0.2, 0.25) is 0 Å². The Hall–Kier alpha value is -0.640. The van der Waals surface area contributed by atoms with E-state index in [1.165, 1.54) is 0 Å². The van der Waals surface area contributed by atoms with Crippen molar-refractivity contribution in [2.24, 2.45) is 11.8 Å². The van der Waals surface area contributed by atoms with Gasteiger partial charge in [-0.15, -0.1) is 0 Å². The van der Waals surface area contributed by atoms with E-state index in [2.05, 4.69) is 4.90 Å². The molecular formula is C13H16Cl2N2O. The number of rotatable bonds is 1. The molecule has 2 aliphatic rings. The van der Waals surface area contributed by atoms with Crippen molar-refractivity contribution in [3.8, 4) is 0 Å². The standard InChI is InChI=1S/C13H16Cl2N2O/c14-9-3-11(16)12(4-10(9)15)17-5-7-1-2-13(18)8(7)6-17/h3-4,7-8,13,18H,1-2,5-6,16H2. The van der Waals surface area contributed by atoms with Gasteiger partial charge in [0.25, 0.3) is 0 Å². The molecule has 18 heavy (non-hydrogen) atoms. The molecule has 0 amide bonds. The van der Waals surface area contributed by atoms with Gasteiger partial charge in [-0.2, -0.15) is 0 Å². The summed E-state index contributed by atoms with van der Waals surface area (Å²) in [5.41, 5.74) is 7.60. The number of nitrogens with two attached hydrogens (primary N) is 1. The third-order valence-electron chi connectivity index (χ3n) is 4.23. The average Bonchev–Trinajstić information content (AvgIpc) is 2.87.